The second-order valence-corrected chi connectivity index (χ2v) is 8.45. The molecule has 0 aliphatic rings. The van der Waals surface area contributed by atoms with Crippen LogP contribution in [0.15, 0.2) is 42.5 Å². The second-order valence-electron chi connectivity index (χ2n) is 8.45. The lowest BCUT2D eigenvalue weighted by molar-refractivity contribution is 0.293. The summed E-state index contributed by atoms with van der Waals surface area (Å²) in [6.45, 7) is 5.70. The van der Waals surface area contributed by atoms with Gasteiger partial charge in [0.1, 0.15) is 5.75 Å². The third-order valence-corrected chi connectivity index (χ3v) is 5.91. The van der Waals surface area contributed by atoms with Crippen LogP contribution in [-0.2, 0) is 0 Å². The Morgan fingerprint density at radius 3 is 2.03 bits per heavy atom. The quantitative estimate of drug-likeness (QED) is 0.190. The summed E-state index contributed by atoms with van der Waals surface area (Å²) in [5.41, 5.74) is 0. The fourth-order valence-electron chi connectivity index (χ4n) is 4.05. The van der Waals surface area contributed by atoms with Crippen molar-refractivity contribution in [2.75, 3.05) is 13.2 Å². The van der Waals surface area contributed by atoms with Gasteiger partial charge < -0.3 is 9.47 Å². The lowest BCUT2D eigenvalue weighted by atomic mass is 10.0. The van der Waals surface area contributed by atoms with Gasteiger partial charge in [-0.3, -0.25) is 0 Å². The molecule has 0 aromatic heterocycles. The molecular weight excluding hydrogens is 387 g/mol. The van der Waals surface area contributed by atoms with Gasteiger partial charge in [-0.25, -0.2) is 4.39 Å². The Kier molecular flexibility index (Phi) is 9.45. The molecule has 0 fully saturated rings. The van der Waals surface area contributed by atoms with Gasteiger partial charge in [0.2, 0.25) is 0 Å². The first kappa shape index (κ1) is 23.4. The fraction of sp³-hybridized carbons (Fsp3) is 0.500. The number of rotatable bonds is 14. The summed E-state index contributed by atoms with van der Waals surface area (Å²) in [6.07, 6.45) is 12.1. The molecule has 0 bridgehead atoms. The van der Waals surface area contributed by atoms with Crippen molar-refractivity contribution in [3.05, 3.63) is 48.3 Å². The van der Waals surface area contributed by atoms with Crippen LogP contribution in [0, 0.1) is 5.82 Å². The molecule has 0 unspecified atom stereocenters. The molecule has 0 amide bonds. The van der Waals surface area contributed by atoms with E-state index in [-0.39, 0.29) is 5.82 Å². The number of hydrogen-bond donors (Lipinski definition) is 0. The van der Waals surface area contributed by atoms with E-state index in [0.717, 1.165) is 54.2 Å². The standard InChI is InChI=1S/C28H37FO2/c1-3-5-7-8-9-10-12-19-30-23-14-16-24-22(21-23)13-15-26-25(24)17-18-27(28(26)29)31-20-11-6-4-2/h13-18,21H,3-12,19-20H2,1-2H3. The van der Waals surface area contributed by atoms with Crippen LogP contribution in [0.1, 0.15) is 78.1 Å². The van der Waals surface area contributed by atoms with Crippen molar-refractivity contribution in [2.45, 2.75) is 78.1 Å². The molecule has 0 saturated carbocycles. The largest absolute Gasteiger partial charge is 0.494 e. The highest BCUT2D eigenvalue weighted by Gasteiger charge is 2.11. The number of unbranched alkanes of at least 4 members (excludes halogenated alkanes) is 8. The van der Waals surface area contributed by atoms with E-state index in [0.29, 0.717) is 17.7 Å². The third-order valence-electron chi connectivity index (χ3n) is 5.91. The average Bonchev–Trinajstić information content (AvgIpc) is 2.79. The third kappa shape index (κ3) is 6.59. The van der Waals surface area contributed by atoms with E-state index in [1.807, 2.05) is 30.3 Å². The van der Waals surface area contributed by atoms with E-state index in [1.165, 1.54) is 38.5 Å². The molecular formula is C28H37FO2. The maximum Gasteiger partial charge on any atom is 0.172 e. The molecule has 3 aromatic rings. The highest BCUT2D eigenvalue weighted by Crippen LogP contribution is 2.33. The predicted octanol–water partition coefficient (Wildman–Crippen LogP) is 8.83. The molecule has 2 nitrogen and oxygen atoms in total. The highest BCUT2D eigenvalue weighted by molar-refractivity contribution is 6.08. The van der Waals surface area contributed by atoms with Gasteiger partial charge in [-0.2, -0.15) is 0 Å². The molecule has 168 valence electrons. The van der Waals surface area contributed by atoms with Crippen LogP contribution in [0.4, 0.5) is 4.39 Å². The summed E-state index contributed by atoms with van der Waals surface area (Å²) in [5.74, 6) is 0.960. The first-order valence-corrected chi connectivity index (χ1v) is 12.1. The summed E-state index contributed by atoms with van der Waals surface area (Å²) in [7, 11) is 0. The second kappa shape index (κ2) is 12.5. The van der Waals surface area contributed by atoms with Crippen molar-refractivity contribution in [3.63, 3.8) is 0 Å². The summed E-state index contributed by atoms with van der Waals surface area (Å²) >= 11 is 0. The van der Waals surface area contributed by atoms with Gasteiger partial charge in [0, 0.05) is 5.39 Å². The minimum atomic E-state index is -0.268. The Bertz CT molecular complexity index is 951. The van der Waals surface area contributed by atoms with Gasteiger partial charge >= 0.3 is 0 Å². The van der Waals surface area contributed by atoms with E-state index >= 15 is 0 Å². The molecule has 3 heteroatoms. The number of halogens is 1. The summed E-state index contributed by atoms with van der Waals surface area (Å²) in [4.78, 5) is 0. The van der Waals surface area contributed by atoms with Gasteiger partial charge in [-0.1, -0.05) is 83.4 Å². The maximum atomic E-state index is 15.0. The zero-order valence-corrected chi connectivity index (χ0v) is 19.2. The molecule has 0 atom stereocenters. The van der Waals surface area contributed by atoms with E-state index in [1.54, 1.807) is 6.07 Å². The fourth-order valence-corrected chi connectivity index (χ4v) is 4.05. The Balaban J connectivity index is 1.61. The van der Waals surface area contributed by atoms with Crippen LogP contribution in [0.25, 0.3) is 21.5 Å². The SMILES string of the molecule is CCCCCCCCCOc1ccc2c(ccc3c(F)c(OCCCCC)ccc32)c1. The van der Waals surface area contributed by atoms with Gasteiger partial charge in [-0.05, 0) is 53.3 Å². The molecule has 0 aliphatic heterocycles. The first-order chi connectivity index (χ1) is 15.2. The number of fused-ring (bicyclic) bond motifs is 3. The smallest absolute Gasteiger partial charge is 0.172 e. The van der Waals surface area contributed by atoms with Crippen molar-refractivity contribution in [1.29, 1.82) is 0 Å². The average molecular weight is 425 g/mol. The molecule has 0 heterocycles. The van der Waals surface area contributed by atoms with Gasteiger partial charge in [0.05, 0.1) is 13.2 Å². The maximum absolute atomic E-state index is 15.0. The van der Waals surface area contributed by atoms with Crippen LogP contribution in [-0.4, -0.2) is 13.2 Å². The monoisotopic (exact) mass is 424 g/mol. The van der Waals surface area contributed by atoms with Crippen molar-refractivity contribution < 1.29 is 13.9 Å². The molecule has 3 aromatic carbocycles. The summed E-state index contributed by atoms with van der Waals surface area (Å²) in [5, 5.41) is 3.63. The molecule has 0 N–H and O–H groups in total. The van der Waals surface area contributed by atoms with E-state index < -0.39 is 0 Å². The van der Waals surface area contributed by atoms with E-state index in [4.69, 9.17) is 9.47 Å². The van der Waals surface area contributed by atoms with E-state index in [2.05, 4.69) is 19.9 Å². The minimum absolute atomic E-state index is 0.268. The van der Waals surface area contributed by atoms with Gasteiger partial charge in [-0.15, -0.1) is 0 Å². The Hall–Kier alpha value is -2.29. The lowest BCUT2D eigenvalue weighted by Crippen LogP contribution is -1.99. The zero-order chi connectivity index (χ0) is 21.9. The number of ether oxygens (including phenoxy) is 2. The number of hydrogen-bond acceptors (Lipinski definition) is 2. The Labute approximate surface area is 186 Å². The van der Waals surface area contributed by atoms with Gasteiger partial charge in [0.25, 0.3) is 0 Å². The van der Waals surface area contributed by atoms with Crippen LogP contribution < -0.4 is 9.47 Å². The summed E-state index contributed by atoms with van der Waals surface area (Å²) in [6, 6.07) is 13.6. The Morgan fingerprint density at radius 2 is 1.23 bits per heavy atom. The molecule has 0 saturated heterocycles. The van der Waals surface area contributed by atoms with Crippen LogP contribution in [0.5, 0.6) is 11.5 Å². The van der Waals surface area contributed by atoms with E-state index in [9.17, 15) is 4.39 Å². The van der Waals surface area contributed by atoms with Gasteiger partial charge in [0.15, 0.2) is 11.6 Å². The zero-order valence-electron chi connectivity index (χ0n) is 19.2. The van der Waals surface area contributed by atoms with Crippen LogP contribution in [0.2, 0.25) is 0 Å². The molecule has 31 heavy (non-hydrogen) atoms. The Morgan fingerprint density at radius 1 is 0.613 bits per heavy atom. The molecule has 0 radical (unpaired) electrons. The van der Waals surface area contributed by atoms with Crippen LogP contribution >= 0.6 is 0 Å². The lowest BCUT2D eigenvalue weighted by Gasteiger charge is -2.12. The predicted molar refractivity (Wildman–Crippen MR) is 130 cm³/mol. The van der Waals surface area contributed by atoms with Crippen molar-refractivity contribution in [2.24, 2.45) is 0 Å². The summed E-state index contributed by atoms with van der Waals surface area (Å²) < 4.78 is 26.6. The van der Waals surface area contributed by atoms with Crippen molar-refractivity contribution >= 4 is 21.5 Å². The molecule has 3 rings (SSSR count). The highest BCUT2D eigenvalue weighted by atomic mass is 19.1. The normalized spacial score (nSPS) is 11.3. The van der Waals surface area contributed by atoms with Crippen molar-refractivity contribution in [1.82, 2.24) is 0 Å². The molecule has 0 spiro atoms. The molecule has 0 aliphatic carbocycles. The topological polar surface area (TPSA) is 18.5 Å². The number of benzene rings is 3. The minimum Gasteiger partial charge on any atom is -0.494 e. The first-order valence-electron chi connectivity index (χ1n) is 12.1. The van der Waals surface area contributed by atoms with Crippen LogP contribution in [0.3, 0.4) is 0 Å². The van der Waals surface area contributed by atoms with Crippen molar-refractivity contribution in [3.8, 4) is 11.5 Å².